The van der Waals surface area contributed by atoms with Gasteiger partial charge in [0.15, 0.2) is 5.60 Å². The van der Waals surface area contributed by atoms with Crippen LogP contribution in [0, 0.1) is 29.6 Å². The molecule has 3 fully saturated rings. The molecule has 0 aliphatic heterocycles. The summed E-state index contributed by atoms with van der Waals surface area (Å²) in [7, 11) is -6.39. The van der Waals surface area contributed by atoms with Crippen LogP contribution >= 0.6 is 0 Å². The average molecular weight is 613 g/mol. The number of carbonyl (C=O) groups excluding carboxylic acids is 1. The quantitative estimate of drug-likeness (QED) is 0.110. The number of rotatable bonds is 10. The van der Waals surface area contributed by atoms with Crippen LogP contribution in [0.25, 0.3) is 0 Å². The molecule has 2 N–H and O–H groups in total. The number of fused-ring (bicyclic) bond motifs is 2. The molecule has 7 nitrogen and oxygen atoms in total. The molecule has 0 aromatic carbocycles. The van der Waals surface area contributed by atoms with Gasteiger partial charge >= 0.3 is 33.4 Å². The second-order valence-corrected chi connectivity index (χ2v) is 12.8. The second-order valence-electron chi connectivity index (χ2n) is 11.4. The lowest BCUT2D eigenvalue weighted by atomic mass is 9.50. The van der Waals surface area contributed by atoms with E-state index in [1.807, 2.05) is 0 Å². The molecule has 0 saturated heterocycles. The third kappa shape index (κ3) is 6.31. The van der Waals surface area contributed by atoms with E-state index in [9.17, 15) is 49.1 Å². The first-order chi connectivity index (χ1) is 18.2. The van der Waals surface area contributed by atoms with E-state index in [2.05, 4.69) is 6.58 Å². The Labute approximate surface area is 228 Å². The lowest BCUT2D eigenvalue weighted by Gasteiger charge is -2.58. The zero-order valence-corrected chi connectivity index (χ0v) is 22.8. The van der Waals surface area contributed by atoms with Crippen molar-refractivity contribution in [2.75, 3.05) is 13.2 Å². The van der Waals surface area contributed by atoms with Gasteiger partial charge < -0.3 is 14.6 Å². The summed E-state index contributed by atoms with van der Waals surface area (Å²) in [5.41, 5.74) is -3.28. The summed E-state index contributed by atoms with van der Waals surface area (Å²) in [5, 5.41) is 5.02. The molecule has 3 saturated carbocycles. The van der Waals surface area contributed by atoms with Crippen molar-refractivity contribution in [2.24, 2.45) is 29.6 Å². The predicted octanol–water partition coefficient (Wildman–Crippen LogP) is 5.53. The van der Waals surface area contributed by atoms with Crippen LogP contribution in [-0.4, -0.2) is 66.3 Å². The molecular weight excluding hydrogens is 577 g/mol. The van der Waals surface area contributed by atoms with E-state index in [1.165, 1.54) is 0 Å². The van der Waals surface area contributed by atoms with Crippen molar-refractivity contribution in [3.63, 3.8) is 0 Å². The van der Waals surface area contributed by atoms with Gasteiger partial charge in [-0.1, -0.05) is 32.3 Å². The van der Waals surface area contributed by atoms with Crippen LogP contribution < -0.4 is 0 Å². The summed E-state index contributed by atoms with van der Waals surface area (Å²) >= 11 is 0. The van der Waals surface area contributed by atoms with Crippen LogP contribution in [0.4, 0.5) is 30.7 Å². The fraction of sp³-hybridized carbons (Fsp3) is 0.880. The van der Waals surface area contributed by atoms with Crippen molar-refractivity contribution in [2.45, 2.75) is 93.8 Å². The highest BCUT2D eigenvalue weighted by Crippen LogP contribution is 2.59. The molecule has 3 aliphatic carbocycles. The van der Waals surface area contributed by atoms with Gasteiger partial charge in [-0.3, -0.25) is 4.55 Å². The molecule has 0 radical (unpaired) electrons. The fourth-order valence-electron chi connectivity index (χ4n) is 6.91. The number of ether oxygens (including phenoxy) is 2. The Morgan fingerprint density at radius 3 is 1.77 bits per heavy atom. The maximum atomic E-state index is 14.0. The standard InChI is InChI=1S/C25H35F7O7S/c1-14(13-38-12-11-23(26,27)25(31,32)40(35,36)37)21(33)39-20-17-9-5-3-7-15(17)19(22(2,34)24(28,29)30)16-8-4-6-10-18(16)20/h15-20,34H,1,3-13H2,2H3,(H,35,36,37). The molecule has 5 atom stereocenters. The molecule has 0 bridgehead atoms. The Balaban J connectivity index is 1.69. The smallest absolute Gasteiger partial charge is 0.431 e. The van der Waals surface area contributed by atoms with Crippen LogP contribution in [0.3, 0.4) is 0 Å². The summed E-state index contributed by atoms with van der Waals surface area (Å²) in [6, 6.07) is 0. The maximum Gasteiger partial charge on any atom is 0.431 e. The Hall–Kier alpha value is -1.45. The predicted molar refractivity (Wildman–Crippen MR) is 127 cm³/mol. The Bertz CT molecular complexity index is 1020. The first-order valence-corrected chi connectivity index (χ1v) is 14.7. The van der Waals surface area contributed by atoms with E-state index >= 15 is 0 Å². The normalized spacial score (nSPS) is 31.4. The second kappa shape index (κ2) is 11.7. The van der Waals surface area contributed by atoms with Gasteiger partial charge in [-0.05, 0) is 56.3 Å². The van der Waals surface area contributed by atoms with Gasteiger partial charge in [-0.25, -0.2) is 4.79 Å². The van der Waals surface area contributed by atoms with Gasteiger partial charge in [0, 0.05) is 12.3 Å². The largest absolute Gasteiger partial charge is 0.458 e. The highest BCUT2D eigenvalue weighted by atomic mass is 32.2. The van der Waals surface area contributed by atoms with E-state index in [-0.39, 0.29) is 5.57 Å². The topological polar surface area (TPSA) is 110 Å². The fourth-order valence-corrected chi connectivity index (χ4v) is 7.39. The SMILES string of the molecule is C=C(COCCC(F)(F)C(F)(F)S(=O)(=O)O)C(=O)OC1C2CCCCC2C(C(C)(O)C(F)(F)F)C2CCCCC21. The van der Waals surface area contributed by atoms with Gasteiger partial charge in [-0.15, -0.1) is 0 Å². The summed E-state index contributed by atoms with van der Waals surface area (Å²) in [6.45, 7) is 2.46. The molecule has 3 rings (SSSR count). The molecule has 5 unspecified atom stereocenters. The zero-order valence-electron chi connectivity index (χ0n) is 21.9. The van der Waals surface area contributed by atoms with Gasteiger partial charge in [0.2, 0.25) is 0 Å². The summed E-state index contributed by atoms with van der Waals surface area (Å²) in [6.07, 6.45) is -2.77. The van der Waals surface area contributed by atoms with E-state index < -0.39 is 94.4 Å². The van der Waals surface area contributed by atoms with E-state index in [4.69, 9.17) is 14.0 Å². The van der Waals surface area contributed by atoms with Crippen LogP contribution in [0.5, 0.6) is 0 Å². The Morgan fingerprint density at radius 2 is 1.35 bits per heavy atom. The average Bonchev–Trinajstić information content (AvgIpc) is 2.84. The number of halogens is 7. The maximum absolute atomic E-state index is 14.0. The minimum atomic E-state index is -6.39. The molecule has 232 valence electrons. The number of alkyl halides is 7. The minimum Gasteiger partial charge on any atom is -0.458 e. The minimum absolute atomic E-state index is 0.353. The molecule has 3 aliphatic rings. The molecular formula is C25H35F7O7S. The summed E-state index contributed by atoms with van der Waals surface area (Å²) < 4.78 is 136. The monoisotopic (exact) mass is 612 g/mol. The van der Waals surface area contributed by atoms with E-state index in [0.29, 0.717) is 51.4 Å². The third-order valence-electron chi connectivity index (χ3n) is 8.86. The molecule has 0 aromatic heterocycles. The van der Waals surface area contributed by atoms with Crippen molar-refractivity contribution in [1.82, 2.24) is 0 Å². The first kappa shape index (κ1) is 33.1. The number of esters is 1. The van der Waals surface area contributed by atoms with Gasteiger partial charge in [0.1, 0.15) is 6.10 Å². The van der Waals surface area contributed by atoms with Crippen molar-refractivity contribution in [3.8, 4) is 0 Å². The Kier molecular flexibility index (Phi) is 9.65. The van der Waals surface area contributed by atoms with Crippen molar-refractivity contribution in [1.29, 1.82) is 0 Å². The van der Waals surface area contributed by atoms with Gasteiger partial charge in [-0.2, -0.15) is 39.2 Å². The zero-order chi connectivity index (χ0) is 30.3. The van der Waals surface area contributed by atoms with E-state index in [1.54, 1.807) is 0 Å². The first-order valence-electron chi connectivity index (χ1n) is 13.2. The summed E-state index contributed by atoms with van der Waals surface area (Å²) in [4.78, 5) is 12.9. The van der Waals surface area contributed by atoms with Crippen molar-refractivity contribution < 1.29 is 63.1 Å². The number of aliphatic hydroxyl groups is 1. The van der Waals surface area contributed by atoms with Crippen molar-refractivity contribution in [3.05, 3.63) is 12.2 Å². The molecule has 15 heteroatoms. The van der Waals surface area contributed by atoms with E-state index in [0.717, 1.165) is 6.92 Å². The molecule has 0 amide bonds. The summed E-state index contributed by atoms with van der Waals surface area (Å²) in [5.74, 6) is -9.17. The van der Waals surface area contributed by atoms with Crippen LogP contribution in [0.1, 0.15) is 64.7 Å². The van der Waals surface area contributed by atoms with Gasteiger partial charge in [0.25, 0.3) is 0 Å². The van der Waals surface area contributed by atoms with Crippen LogP contribution in [-0.2, 0) is 24.4 Å². The Morgan fingerprint density at radius 1 is 0.900 bits per heavy atom. The molecule has 0 aromatic rings. The van der Waals surface area contributed by atoms with Crippen LogP contribution in [0.15, 0.2) is 12.2 Å². The number of hydrogen-bond donors (Lipinski definition) is 2. The lowest BCUT2D eigenvalue weighted by Crippen LogP contribution is -2.62. The molecule has 0 spiro atoms. The van der Waals surface area contributed by atoms with Gasteiger partial charge in [0.05, 0.1) is 18.8 Å². The number of hydrogen-bond acceptors (Lipinski definition) is 6. The lowest BCUT2D eigenvalue weighted by molar-refractivity contribution is -0.302. The third-order valence-corrected chi connectivity index (χ3v) is 9.80. The highest BCUT2D eigenvalue weighted by Gasteiger charge is 2.66. The number of carbonyl (C=O) groups is 1. The molecule has 0 heterocycles. The van der Waals surface area contributed by atoms with Crippen LogP contribution in [0.2, 0.25) is 0 Å². The molecule has 40 heavy (non-hydrogen) atoms. The van der Waals surface area contributed by atoms with Crippen molar-refractivity contribution >= 4 is 16.1 Å². The highest BCUT2D eigenvalue weighted by molar-refractivity contribution is 7.87.